The van der Waals surface area contributed by atoms with E-state index in [0.717, 1.165) is 35.2 Å². The summed E-state index contributed by atoms with van der Waals surface area (Å²) in [6, 6.07) is 18.2. The van der Waals surface area contributed by atoms with E-state index in [-0.39, 0.29) is 11.1 Å². The van der Waals surface area contributed by atoms with E-state index in [9.17, 15) is 31.5 Å². The van der Waals surface area contributed by atoms with Crippen molar-refractivity contribution in [3.8, 4) is 28.2 Å². The van der Waals surface area contributed by atoms with Gasteiger partial charge < -0.3 is 10.0 Å². The average Bonchev–Trinajstić information content (AvgIpc) is 3.75. The number of piperazine rings is 1. The summed E-state index contributed by atoms with van der Waals surface area (Å²) in [5.41, 5.74) is 2.28. The van der Waals surface area contributed by atoms with Gasteiger partial charge in [0.15, 0.2) is 11.5 Å². The predicted molar refractivity (Wildman–Crippen MR) is 155 cm³/mol. The van der Waals surface area contributed by atoms with Crippen molar-refractivity contribution < 1.29 is 31.5 Å². The Morgan fingerprint density at radius 2 is 1.65 bits per heavy atom. The summed E-state index contributed by atoms with van der Waals surface area (Å²) >= 11 is 0. The van der Waals surface area contributed by atoms with Crippen LogP contribution in [0.1, 0.15) is 34.5 Å². The van der Waals surface area contributed by atoms with E-state index in [1.807, 2.05) is 49.4 Å². The van der Waals surface area contributed by atoms with Crippen molar-refractivity contribution in [1.82, 2.24) is 19.1 Å². The largest absolute Gasteiger partial charge is 0.478 e. The first-order valence-electron chi connectivity index (χ1n) is 13.7. The maximum atomic E-state index is 13.8. The standard InChI is InChI=1S/C30H28F3N5O4S/c1-19-5-12-23(20-6-8-21(9-7-20)36-13-15-37(16-14-36)43(41,42)22-10-11-22)24(17-19)26-3-2-4-27(35-26)38-28(30(31,32)33)25(18-34-38)29(39)40/h2-9,12,17-18,22H,10-11,13-16H2,1H3,(H,39,40). The molecule has 2 aromatic heterocycles. The Morgan fingerprint density at radius 1 is 0.953 bits per heavy atom. The number of hydrogen-bond acceptors (Lipinski definition) is 6. The SMILES string of the molecule is Cc1ccc(-c2ccc(N3CCN(S(=O)(=O)C4CC4)CC3)cc2)c(-c2cccc(-n3ncc(C(=O)O)c3C(F)(F)F)n2)c1. The molecule has 43 heavy (non-hydrogen) atoms. The first-order valence-corrected chi connectivity index (χ1v) is 15.2. The molecule has 0 bridgehead atoms. The number of benzene rings is 2. The van der Waals surface area contributed by atoms with E-state index < -0.39 is 33.4 Å². The van der Waals surface area contributed by atoms with Gasteiger partial charge in [0.25, 0.3) is 0 Å². The maximum absolute atomic E-state index is 13.8. The highest BCUT2D eigenvalue weighted by atomic mass is 32.2. The van der Waals surface area contributed by atoms with Crippen LogP contribution in [0.15, 0.2) is 66.9 Å². The second kappa shape index (κ2) is 10.8. The van der Waals surface area contributed by atoms with Crippen LogP contribution in [-0.2, 0) is 16.2 Å². The maximum Gasteiger partial charge on any atom is 0.434 e. The van der Waals surface area contributed by atoms with Gasteiger partial charge in [0.05, 0.1) is 17.1 Å². The van der Waals surface area contributed by atoms with Crippen LogP contribution in [0.2, 0.25) is 0 Å². The number of halogens is 3. The van der Waals surface area contributed by atoms with Gasteiger partial charge in [-0.15, -0.1) is 0 Å². The molecule has 13 heteroatoms. The normalized spacial score (nSPS) is 16.4. The second-order valence-electron chi connectivity index (χ2n) is 10.7. The minimum absolute atomic E-state index is 0.164. The topological polar surface area (TPSA) is 109 Å². The molecule has 0 radical (unpaired) electrons. The van der Waals surface area contributed by atoms with Gasteiger partial charge in [-0.3, -0.25) is 0 Å². The van der Waals surface area contributed by atoms with Crippen molar-refractivity contribution in [3.05, 3.63) is 83.7 Å². The van der Waals surface area contributed by atoms with Crippen LogP contribution < -0.4 is 4.90 Å². The number of nitrogens with zero attached hydrogens (tertiary/aromatic N) is 5. The number of anilines is 1. The van der Waals surface area contributed by atoms with Crippen molar-refractivity contribution in [1.29, 1.82) is 0 Å². The number of aromatic carboxylic acids is 1. The number of pyridine rings is 1. The lowest BCUT2D eigenvalue weighted by Crippen LogP contribution is -2.49. The van der Waals surface area contributed by atoms with E-state index in [0.29, 0.717) is 48.3 Å². The lowest BCUT2D eigenvalue weighted by molar-refractivity contribution is -0.143. The molecule has 0 unspecified atom stereocenters. The summed E-state index contributed by atoms with van der Waals surface area (Å²) in [7, 11) is -3.19. The Balaban J connectivity index is 1.29. The number of alkyl halides is 3. The highest BCUT2D eigenvalue weighted by Crippen LogP contribution is 2.36. The van der Waals surface area contributed by atoms with Gasteiger partial charge in [0.1, 0.15) is 5.56 Å². The number of sulfonamides is 1. The summed E-state index contributed by atoms with van der Waals surface area (Å²) < 4.78 is 68.8. The highest BCUT2D eigenvalue weighted by Gasteiger charge is 2.42. The molecule has 1 aliphatic carbocycles. The Morgan fingerprint density at radius 3 is 2.28 bits per heavy atom. The summed E-state index contributed by atoms with van der Waals surface area (Å²) in [5, 5.41) is 12.8. The van der Waals surface area contributed by atoms with Gasteiger partial charge in [0.2, 0.25) is 10.0 Å². The van der Waals surface area contributed by atoms with Gasteiger partial charge >= 0.3 is 12.1 Å². The zero-order chi connectivity index (χ0) is 30.5. The molecule has 9 nitrogen and oxygen atoms in total. The third kappa shape index (κ3) is 5.62. The number of carbonyl (C=O) groups is 1. The molecule has 3 heterocycles. The lowest BCUT2D eigenvalue weighted by atomic mass is 9.95. The molecular formula is C30H28F3N5O4S. The van der Waals surface area contributed by atoms with Crippen LogP contribution in [-0.4, -0.2) is 70.0 Å². The molecule has 4 aromatic rings. The van der Waals surface area contributed by atoms with E-state index >= 15 is 0 Å². The molecule has 6 rings (SSSR count). The molecule has 224 valence electrons. The highest BCUT2D eigenvalue weighted by molar-refractivity contribution is 7.90. The molecule has 2 fully saturated rings. The molecule has 0 spiro atoms. The van der Waals surface area contributed by atoms with Crippen LogP contribution in [0.4, 0.5) is 18.9 Å². The number of hydrogen-bond donors (Lipinski definition) is 1. The van der Waals surface area contributed by atoms with E-state index in [1.54, 1.807) is 16.4 Å². The fourth-order valence-electron chi connectivity index (χ4n) is 5.39. The molecule has 0 atom stereocenters. The zero-order valence-corrected chi connectivity index (χ0v) is 23.9. The third-order valence-corrected chi connectivity index (χ3v) is 10.2. The molecule has 1 saturated heterocycles. The minimum Gasteiger partial charge on any atom is -0.478 e. The Hall–Kier alpha value is -4.23. The summed E-state index contributed by atoms with van der Waals surface area (Å²) in [6.07, 6.45) is -2.80. The lowest BCUT2D eigenvalue weighted by Gasteiger charge is -2.35. The van der Waals surface area contributed by atoms with Crippen molar-refractivity contribution >= 4 is 21.7 Å². The van der Waals surface area contributed by atoms with Gasteiger partial charge in [-0.25, -0.2) is 22.9 Å². The molecule has 2 aromatic carbocycles. The van der Waals surface area contributed by atoms with Gasteiger partial charge in [-0.1, -0.05) is 35.9 Å². The van der Waals surface area contributed by atoms with E-state index in [1.165, 1.54) is 6.07 Å². The second-order valence-corrected chi connectivity index (χ2v) is 12.9. The number of aromatic nitrogens is 3. The van der Waals surface area contributed by atoms with Crippen molar-refractivity contribution in [2.24, 2.45) is 0 Å². The Labute approximate surface area is 246 Å². The van der Waals surface area contributed by atoms with Crippen molar-refractivity contribution in [2.45, 2.75) is 31.2 Å². The van der Waals surface area contributed by atoms with Crippen LogP contribution in [0.25, 0.3) is 28.2 Å². The molecule has 1 saturated carbocycles. The minimum atomic E-state index is -4.96. The molecule has 2 aliphatic rings. The Kier molecular flexibility index (Phi) is 7.25. The smallest absolute Gasteiger partial charge is 0.434 e. The van der Waals surface area contributed by atoms with Crippen molar-refractivity contribution in [2.75, 3.05) is 31.1 Å². The fraction of sp³-hybridized carbons (Fsp3) is 0.300. The number of rotatable bonds is 7. The van der Waals surface area contributed by atoms with Crippen LogP contribution in [0, 0.1) is 6.92 Å². The van der Waals surface area contributed by atoms with Gasteiger partial charge in [-0.05, 0) is 61.2 Å². The Bertz CT molecular complexity index is 1790. The van der Waals surface area contributed by atoms with Gasteiger partial charge in [0, 0.05) is 37.4 Å². The van der Waals surface area contributed by atoms with Crippen molar-refractivity contribution in [3.63, 3.8) is 0 Å². The molecular weight excluding hydrogens is 583 g/mol. The number of carboxylic acids is 1. The van der Waals surface area contributed by atoms with Gasteiger partial charge in [-0.2, -0.15) is 22.6 Å². The molecule has 1 aliphatic heterocycles. The first kappa shape index (κ1) is 28.9. The van der Waals surface area contributed by atoms with E-state index in [4.69, 9.17) is 0 Å². The monoisotopic (exact) mass is 611 g/mol. The quantitative estimate of drug-likeness (QED) is 0.305. The van der Waals surface area contributed by atoms with Crippen LogP contribution in [0.3, 0.4) is 0 Å². The number of aryl methyl sites for hydroxylation is 1. The summed E-state index contributed by atoms with van der Waals surface area (Å²) in [5.74, 6) is -1.90. The van der Waals surface area contributed by atoms with Crippen LogP contribution >= 0.6 is 0 Å². The first-order chi connectivity index (χ1) is 20.4. The molecule has 1 N–H and O–H groups in total. The predicted octanol–water partition coefficient (Wildman–Crippen LogP) is 5.24. The fourth-order valence-corrected chi connectivity index (χ4v) is 7.22. The summed E-state index contributed by atoms with van der Waals surface area (Å²) in [6.45, 7) is 3.98. The third-order valence-electron chi connectivity index (χ3n) is 7.76. The van der Waals surface area contributed by atoms with Crippen LogP contribution in [0.5, 0.6) is 0 Å². The molecule has 0 amide bonds. The summed E-state index contributed by atoms with van der Waals surface area (Å²) in [4.78, 5) is 18.1. The van der Waals surface area contributed by atoms with E-state index in [2.05, 4.69) is 15.0 Å². The number of carboxylic acid groups (broad SMARTS) is 1. The average molecular weight is 612 g/mol. The zero-order valence-electron chi connectivity index (χ0n) is 23.1.